The van der Waals surface area contributed by atoms with Gasteiger partial charge in [0.05, 0.1) is 18.4 Å². The summed E-state index contributed by atoms with van der Waals surface area (Å²) in [6.07, 6.45) is 4.65. The Kier molecular flexibility index (Phi) is 5.06. The number of carbonyl (C=O) groups is 2. The van der Waals surface area contributed by atoms with E-state index in [0.29, 0.717) is 29.2 Å². The Morgan fingerprint density at radius 2 is 1.72 bits per heavy atom. The van der Waals surface area contributed by atoms with E-state index in [9.17, 15) is 9.59 Å². The molecule has 0 aliphatic carbocycles. The summed E-state index contributed by atoms with van der Waals surface area (Å²) in [7, 11) is 0. The number of anilines is 2. The number of hydrogen-bond donors (Lipinski definition) is 3. The Morgan fingerprint density at radius 1 is 0.960 bits per heavy atom. The van der Waals surface area contributed by atoms with Crippen molar-refractivity contribution in [3.05, 3.63) is 78.5 Å². The summed E-state index contributed by atoms with van der Waals surface area (Å²) >= 11 is 0. The van der Waals surface area contributed by atoms with Crippen LogP contribution >= 0.6 is 0 Å². The molecule has 0 bridgehead atoms. The van der Waals surface area contributed by atoms with Gasteiger partial charge in [-0.1, -0.05) is 0 Å². The highest BCUT2D eigenvalue weighted by atomic mass is 16.3. The molecule has 0 radical (unpaired) electrons. The molecule has 2 heterocycles. The van der Waals surface area contributed by atoms with Crippen molar-refractivity contribution < 1.29 is 14.0 Å². The molecular weight excluding hydrogens is 320 g/mol. The third kappa shape index (κ3) is 4.68. The average molecular weight is 336 g/mol. The topological polar surface area (TPSA) is 96.3 Å². The van der Waals surface area contributed by atoms with E-state index in [1.54, 1.807) is 61.0 Å². The minimum absolute atomic E-state index is 0.245. The number of carbonyl (C=O) groups excluding carboxylic acids is 2. The monoisotopic (exact) mass is 336 g/mol. The van der Waals surface area contributed by atoms with E-state index in [-0.39, 0.29) is 11.9 Å². The molecule has 25 heavy (non-hydrogen) atoms. The van der Waals surface area contributed by atoms with Crippen LogP contribution in [0.2, 0.25) is 0 Å². The maximum atomic E-state index is 12.0. The normalized spacial score (nSPS) is 10.1. The van der Waals surface area contributed by atoms with E-state index in [4.69, 9.17) is 4.42 Å². The second kappa shape index (κ2) is 7.78. The molecule has 0 aliphatic rings. The van der Waals surface area contributed by atoms with Gasteiger partial charge in [-0.3, -0.25) is 9.78 Å². The van der Waals surface area contributed by atoms with Gasteiger partial charge in [0, 0.05) is 23.8 Å². The van der Waals surface area contributed by atoms with E-state index in [0.717, 1.165) is 0 Å². The zero-order valence-electron chi connectivity index (χ0n) is 13.2. The van der Waals surface area contributed by atoms with E-state index < -0.39 is 0 Å². The van der Waals surface area contributed by atoms with Crippen LogP contribution in [0.25, 0.3) is 0 Å². The number of nitrogens with one attached hydrogen (secondary N) is 3. The molecule has 1 aromatic carbocycles. The van der Waals surface area contributed by atoms with Crippen LogP contribution in [0.4, 0.5) is 16.2 Å². The molecule has 3 amide bonds. The maximum absolute atomic E-state index is 12.0. The summed E-state index contributed by atoms with van der Waals surface area (Å²) in [6.45, 7) is 0.304. The molecule has 3 N–H and O–H groups in total. The van der Waals surface area contributed by atoms with Gasteiger partial charge in [0.25, 0.3) is 5.91 Å². The van der Waals surface area contributed by atoms with Crippen molar-refractivity contribution in [3.8, 4) is 0 Å². The summed E-state index contributed by atoms with van der Waals surface area (Å²) in [5.74, 6) is 0.425. The molecule has 0 saturated heterocycles. The summed E-state index contributed by atoms with van der Waals surface area (Å²) in [6, 6.07) is 13.4. The first kappa shape index (κ1) is 16.3. The maximum Gasteiger partial charge on any atom is 0.319 e. The number of aromatic nitrogens is 1. The SMILES string of the molecule is O=C(NCc1ccco1)Nc1ccc(NC(=O)c2cccnc2)cc1. The molecule has 3 aromatic rings. The number of amides is 3. The molecule has 7 nitrogen and oxygen atoms in total. The zero-order valence-corrected chi connectivity index (χ0v) is 13.2. The lowest BCUT2D eigenvalue weighted by Crippen LogP contribution is -2.27. The fourth-order valence-electron chi connectivity index (χ4n) is 2.09. The van der Waals surface area contributed by atoms with Crippen molar-refractivity contribution in [2.75, 3.05) is 10.6 Å². The van der Waals surface area contributed by atoms with Gasteiger partial charge >= 0.3 is 6.03 Å². The molecular formula is C18H16N4O3. The quantitative estimate of drug-likeness (QED) is 0.666. The van der Waals surface area contributed by atoms with Crippen molar-refractivity contribution in [1.82, 2.24) is 10.3 Å². The van der Waals surface area contributed by atoms with Crippen molar-refractivity contribution >= 4 is 23.3 Å². The fourth-order valence-corrected chi connectivity index (χ4v) is 2.09. The molecule has 7 heteroatoms. The summed E-state index contributed by atoms with van der Waals surface area (Å²) < 4.78 is 5.14. The Bertz CT molecular complexity index is 831. The lowest BCUT2D eigenvalue weighted by Gasteiger charge is -2.08. The number of urea groups is 1. The van der Waals surface area contributed by atoms with Crippen LogP contribution in [0.3, 0.4) is 0 Å². The van der Waals surface area contributed by atoms with Crippen LogP contribution < -0.4 is 16.0 Å². The van der Waals surface area contributed by atoms with Gasteiger partial charge in [-0.05, 0) is 48.5 Å². The number of benzene rings is 1. The summed E-state index contributed by atoms with van der Waals surface area (Å²) in [5, 5.41) is 8.15. The van der Waals surface area contributed by atoms with Gasteiger partial charge in [-0.15, -0.1) is 0 Å². The van der Waals surface area contributed by atoms with Crippen LogP contribution in [-0.2, 0) is 6.54 Å². The first-order chi connectivity index (χ1) is 12.2. The molecule has 3 rings (SSSR count). The Balaban J connectivity index is 1.51. The Labute approximate surface area is 144 Å². The minimum Gasteiger partial charge on any atom is -0.467 e. The predicted octanol–water partition coefficient (Wildman–Crippen LogP) is 3.25. The number of furan rings is 1. The smallest absolute Gasteiger partial charge is 0.319 e. The second-order valence-electron chi connectivity index (χ2n) is 5.16. The first-order valence-corrected chi connectivity index (χ1v) is 7.59. The highest BCUT2D eigenvalue weighted by Gasteiger charge is 2.06. The van der Waals surface area contributed by atoms with E-state index in [2.05, 4.69) is 20.9 Å². The van der Waals surface area contributed by atoms with Crippen LogP contribution in [0, 0.1) is 0 Å². The van der Waals surface area contributed by atoms with Crippen molar-refractivity contribution in [1.29, 1.82) is 0 Å². The van der Waals surface area contributed by atoms with Gasteiger partial charge in [0.2, 0.25) is 0 Å². The zero-order chi connectivity index (χ0) is 17.5. The van der Waals surface area contributed by atoms with E-state index in [1.165, 1.54) is 6.20 Å². The largest absolute Gasteiger partial charge is 0.467 e. The van der Waals surface area contributed by atoms with Gasteiger partial charge in [0.1, 0.15) is 5.76 Å². The molecule has 126 valence electrons. The summed E-state index contributed by atoms with van der Waals surface area (Å²) in [4.78, 5) is 27.8. The van der Waals surface area contributed by atoms with Crippen molar-refractivity contribution in [2.45, 2.75) is 6.54 Å². The molecule has 0 atom stereocenters. The standard InChI is InChI=1S/C18H16N4O3/c23-17(13-3-1-9-19-11-13)21-14-5-7-15(8-6-14)22-18(24)20-12-16-4-2-10-25-16/h1-11H,12H2,(H,21,23)(H2,20,22,24). The highest BCUT2D eigenvalue weighted by Crippen LogP contribution is 2.14. The highest BCUT2D eigenvalue weighted by molar-refractivity contribution is 6.04. The van der Waals surface area contributed by atoms with Gasteiger partial charge in [-0.2, -0.15) is 0 Å². The van der Waals surface area contributed by atoms with Gasteiger partial charge in [0.15, 0.2) is 0 Å². The second-order valence-corrected chi connectivity index (χ2v) is 5.16. The van der Waals surface area contributed by atoms with Gasteiger partial charge < -0.3 is 20.4 Å². The molecule has 0 aliphatic heterocycles. The lowest BCUT2D eigenvalue weighted by molar-refractivity contribution is 0.102. The molecule has 2 aromatic heterocycles. The lowest BCUT2D eigenvalue weighted by atomic mass is 10.2. The Morgan fingerprint density at radius 3 is 2.36 bits per heavy atom. The van der Waals surface area contributed by atoms with E-state index >= 15 is 0 Å². The molecule has 0 fully saturated rings. The first-order valence-electron chi connectivity index (χ1n) is 7.59. The number of rotatable bonds is 5. The van der Waals surface area contributed by atoms with Crippen LogP contribution in [0.5, 0.6) is 0 Å². The van der Waals surface area contributed by atoms with Crippen LogP contribution in [0.15, 0.2) is 71.6 Å². The Hall–Kier alpha value is -3.61. The molecule has 0 spiro atoms. The number of hydrogen-bond acceptors (Lipinski definition) is 4. The minimum atomic E-state index is -0.344. The fraction of sp³-hybridized carbons (Fsp3) is 0.0556. The number of pyridine rings is 1. The van der Waals surface area contributed by atoms with E-state index in [1.807, 2.05) is 0 Å². The third-order valence-electron chi connectivity index (χ3n) is 3.33. The van der Waals surface area contributed by atoms with Gasteiger partial charge in [-0.25, -0.2) is 4.79 Å². The van der Waals surface area contributed by atoms with Crippen LogP contribution in [-0.4, -0.2) is 16.9 Å². The van der Waals surface area contributed by atoms with Crippen molar-refractivity contribution in [2.24, 2.45) is 0 Å². The molecule has 0 saturated carbocycles. The van der Waals surface area contributed by atoms with Crippen molar-refractivity contribution in [3.63, 3.8) is 0 Å². The molecule has 0 unspecified atom stereocenters. The third-order valence-corrected chi connectivity index (χ3v) is 3.33. The predicted molar refractivity (Wildman–Crippen MR) is 93.2 cm³/mol. The average Bonchev–Trinajstić information content (AvgIpc) is 3.16. The summed E-state index contributed by atoms with van der Waals surface area (Å²) in [5.41, 5.74) is 1.70. The van der Waals surface area contributed by atoms with Crippen LogP contribution in [0.1, 0.15) is 16.1 Å². The number of nitrogens with zero attached hydrogens (tertiary/aromatic N) is 1.